The lowest BCUT2D eigenvalue weighted by Crippen LogP contribution is -2.01. The topological polar surface area (TPSA) is 81.6 Å². The summed E-state index contributed by atoms with van der Waals surface area (Å²) < 4.78 is 0. The number of aromatic amines is 1. The normalized spacial score (nSPS) is 9.85. The van der Waals surface area contributed by atoms with Crippen LogP contribution in [0.15, 0.2) is 34.3 Å². The van der Waals surface area contributed by atoms with E-state index in [9.17, 15) is 4.79 Å². The van der Waals surface area contributed by atoms with Crippen LogP contribution in [0.3, 0.4) is 0 Å². The van der Waals surface area contributed by atoms with E-state index in [1.165, 1.54) is 6.07 Å². The predicted octanol–water partition coefficient (Wildman–Crippen LogP) is 1.70. The van der Waals surface area contributed by atoms with Crippen LogP contribution in [0.5, 0.6) is 0 Å². The van der Waals surface area contributed by atoms with Crippen molar-refractivity contribution in [2.45, 2.75) is 0 Å². The third-order valence-electron chi connectivity index (χ3n) is 1.36. The van der Waals surface area contributed by atoms with Crippen molar-refractivity contribution in [3.05, 3.63) is 50.8 Å². The van der Waals surface area contributed by atoms with Crippen LogP contribution in [0, 0.1) is 0 Å². The highest BCUT2D eigenvalue weighted by molar-refractivity contribution is 5.47. The van der Waals surface area contributed by atoms with Gasteiger partial charge in [0, 0.05) is 23.7 Å². The van der Waals surface area contributed by atoms with Gasteiger partial charge in [0.15, 0.2) is 0 Å². The van der Waals surface area contributed by atoms with E-state index in [1.807, 2.05) is 0 Å². The molecule has 0 amide bonds. The van der Waals surface area contributed by atoms with Crippen LogP contribution in [0.25, 0.3) is 16.5 Å². The van der Waals surface area contributed by atoms with Gasteiger partial charge in [-0.2, -0.15) is 0 Å². The van der Waals surface area contributed by atoms with E-state index in [-0.39, 0.29) is 5.56 Å². The number of rotatable bonds is 3. The Bertz CT molecular complexity index is 401. The zero-order valence-electron chi connectivity index (χ0n) is 6.84. The van der Waals surface area contributed by atoms with Gasteiger partial charge >= 0.3 is 0 Å². The van der Waals surface area contributed by atoms with Crippen LogP contribution in [0.4, 0.5) is 0 Å². The first kappa shape index (κ1) is 9.09. The summed E-state index contributed by atoms with van der Waals surface area (Å²) in [6.07, 6.45) is 4.98. The average Bonchev–Trinajstić information content (AvgIpc) is 2.13. The van der Waals surface area contributed by atoms with Gasteiger partial charge in [0.2, 0.25) is 5.56 Å². The molecule has 0 saturated carbocycles. The van der Waals surface area contributed by atoms with E-state index in [0.717, 1.165) is 5.56 Å². The molecule has 0 unspecified atom stereocenters. The maximum atomic E-state index is 10.8. The Balaban J connectivity index is 2.68. The van der Waals surface area contributed by atoms with Crippen LogP contribution < -0.4 is 5.56 Å². The van der Waals surface area contributed by atoms with Crippen molar-refractivity contribution in [1.82, 2.24) is 4.98 Å². The van der Waals surface area contributed by atoms with E-state index in [1.54, 1.807) is 24.4 Å². The molecule has 1 rings (SSSR count). The lowest BCUT2D eigenvalue weighted by molar-refractivity contribution is 1.21. The molecule has 66 valence electrons. The monoisotopic (exact) mass is 176 g/mol. The largest absolute Gasteiger partial charge is 0.329 e. The van der Waals surface area contributed by atoms with Crippen molar-refractivity contribution in [3.8, 4) is 0 Å². The molecule has 1 aromatic heterocycles. The molecule has 0 aromatic carbocycles. The molecular formula is C8H8N4O. The van der Waals surface area contributed by atoms with Gasteiger partial charge in [-0.3, -0.25) is 4.79 Å². The molecule has 1 N–H and O–H groups in total. The van der Waals surface area contributed by atoms with Gasteiger partial charge < -0.3 is 4.98 Å². The summed E-state index contributed by atoms with van der Waals surface area (Å²) in [5, 5.41) is 3.32. The minimum absolute atomic E-state index is 0.147. The lowest BCUT2D eigenvalue weighted by Gasteiger charge is -1.88. The Morgan fingerprint density at radius 2 is 2.54 bits per heavy atom. The third kappa shape index (κ3) is 3.27. The van der Waals surface area contributed by atoms with E-state index >= 15 is 0 Å². The second-order valence-electron chi connectivity index (χ2n) is 2.30. The lowest BCUT2D eigenvalue weighted by atomic mass is 10.2. The van der Waals surface area contributed by atoms with Crippen molar-refractivity contribution in [2.75, 3.05) is 6.54 Å². The number of hydrogen-bond donors (Lipinski definition) is 1. The molecule has 0 aliphatic carbocycles. The molecule has 0 aliphatic rings. The minimum atomic E-state index is -0.147. The maximum Gasteiger partial charge on any atom is 0.248 e. The number of pyridine rings is 1. The van der Waals surface area contributed by atoms with Gasteiger partial charge in [0.05, 0.1) is 0 Å². The number of azide groups is 1. The second-order valence-corrected chi connectivity index (χ2v) is 2.30. The molecule has 1 heterocycles. The van der Waals surface area contributed by atoms with E-state index in [2.05, 4.69) is 15.0 Å². The standard InChI is InChI=1S/C8H8N4O/c9-12-11-4-1-2-7-3-5-10-8(13)6-7/h1-3,5-6H,4H2,(H,10,13). The Morgan fingerprint density at radius 3 is 3.23 bits per heavy atom. The highest BCUT2D eigenvalue weighted by atomic mass is 16.1. The molecule has 0 aliphatic heterocycles. The fraction of sp³-hybridized carbons (Fsp3) is 0.125. The van der Waals surface area contributed by atoms with Crippen molar-refractivity contribution in [1.29, 1.82) is 0 Å². The van der Waals surface area contributed by atoms with Crippen molar-refractivity contribution in [3.63, 3.8) is 0 Å². The second kappa shape index (κ2) is 4.79. The van der Waals surface area contributed by atoms with Gasteiger partial charge in [0.25, 0.3) is 0 Å². The highest BCUT2D eigenvalue weighted by Crippen LogP contribution is 1.95. The molecular weight excluding hydrogens is 168 g/mol. The van der Waals surface area contributed by atoms with Gasteiger partial charge in [-0.15, -0.1) is 0 Å². The van der Waals surface area contributed by atoms with Gasteiger partial charge in [-0.1, -0.05) is 17.3 Å². The first-order valence-electron chi connectivity index (χ1n) is 3.69. The van der Waals surface area contributed by atoms with Gasteiger partial charge in [-0.05, 0) is 17.2 Å². The fourth-order valence-electron chi connectivity index (χ4n) is 0.837. The number of nitrogens with zero attached hydrogens (tertiary/aromatic N) is 3. The molecule has 13 heavy (non-hydrogen) atoms. The van der Waals surface area contributed by atoms with Crippen molar-refractivity contribution >= 4 is 6.08 Å². The molecule has 0 atom stereocenters. The summed E-state index contributed by atoms with van der Waals surface area (Å²) in [5.41, 5.74) is 8.62. The zero-order chi connectivity index (χ0) is 9.52. The molecule has 0 spiro atoms. The molecule has 5 heteroatoms. The highest BCUT2D eigenvalue weighted by Gasteiger charge is 1.85. The fourth-order valence-corrected chi connectivity index (χ4v) is 0.837. The first-order chi connectivity index (χ1) is 6.33. The van der Waals surface area contributed by atoms with E-state index in [0.29, 0.717) is 6.54 Å². The number of hydrogen-bond acceptors (Lipinski definition) is 2. The summed E-state index contributed by atoms with van der Waals surface area (Å²) >= 11 is 0. The van der Waals surface area contributed by atoms with Crippen molar-refractivity contribution < 1.29 is 0 Å². The first-order valence-corrected chi connectivity index (χ1v) is 3.69. The third-order valence-corrected chi connectivity index (χ3v) is 1.36. The van der Waals surface area contributed by atoms with Gasteiger partial charge in [0.1, 0.15) is 0 Å². The van der Waals surface area contributed by atoms with Crippen LogP contribution in [0.1, 0.15) is 5.56 Å². The molecule has 0 saturated heterocycles. The quantitative estimate of drug-likeness (QED) is 0.424. The van der Waals surface area contributed by atoms with Crippen LogP contribution in [0.2, 0.25) is 0 Å². The van der Waals surface area contributed by atoms with Crippen molar-refractivity contribution in [2.24, 2.45) is 5.11 Å². The van der Waals surface area contributed by atoms with E-state index < -0.39 is 0 Å². The number of aromatic nitrogens is 1. The van der Waals surface area contributed by atoms with Crippen LogP contribution in [-0.2, 0) is 0 Å². The molecule has 1 aromatic rings. The number of H-pyrrole nitrogens is 1. The Morgan fingerprint density at radius 1 is 1.69 bits per heavy atom. The Labute approximate surface area is 74.4 Å². The summed E-state index contributed by atoms with van der Waals surface area (Å²) in [5.74, 6) is 0. The number of nitrogens with one attached hydrogen (secondary N) is 1. The zero-order valence-corrected chi connectivity index (χ0v) is 6.84. The molecule has 0 radical (unpaired) electrons. The Hall–Kier alpha value is -2.00. The average molecular weight is 176 g/mol. The molecule has 0 bridgehead atoms. The molecule has 0 fully saturated rings. The maximum absolute atomic E-state index is 10.8. The van der Waals surface area contributed by atoms with Crippen LogP contribution >= 0.6 is 0 Å². The Kier molecular flexibility index (Phi) is 3.35. The summed E-state index contributed by atoms with van der Waals surface area (Å²) in [6, 6.07) is 3.22. The van der Waals surface area contributed by atoms with Crippen LogP contribution in [-0.4, -0.2) is 11.5 Å². The minimum Gasteiger partial charge on any atom is -0.329 e. The summed E-state index contributed by atoms with van der Waals surface area (Å²) in [6.45, 7) is 0.295. The van der Waals surface area contributed by atoms with E-state index in [4.69, 9.17) is 5.53 Å². The van der Waals surface area contributed by atoms with Gasteiger partial charge in [-0.25, -0.2) is 0 Å². The summed E-state index contributed by atoms with van der Waals surface area (Å²) in [7, 11) is 0. The SMILES string of the molecule is [N-]=[N+]=NCC=Cc1cc[nH]c(=O)c1. The summed E-state index contributed by atoms with van der Waals surface area (Å²) in [4.78, 5) is 15.9. The predicted molar refractivity (Wildman–Crippen MR) is 50.1 cm³/mol. The molecule has 5 nitrogen and oxygen atoms in total. The smallest absolute Gasteiger partial charge is 0.248 e.